The number of halogens is 2. The molecule has 1 unspecified atom stereocenters. The highest BCUT2D eigenvalue weighted by Crippen LogP contribution is 2.17. The average molecular weight is 352 g/mol. The molecule has 0 aliphatic rings. The van der Waals surface area contributed by atoms with Crippen LogP contribution in [0, 0.1) is 5.82 Å². The number of rotatable bonds is 5. The van der Waals surface area contributed by atoms with Crippen molar-refractivity contribution in [3.05, 3.63) is 69.9 Å². The number of benzene rings is 2. The number of hydrogen-bond donors (Lipinski definition) is 1. The Kier molecular flexibility index (Phi) is 5.47. The fourth-order valence-corrected chi connectivity index (χ4v) is 2.20. The van der Waals surface area contributed by atoms with Gasteiger partial charge in [0.15, 0.2) is 0 Å². The highest BCUT2D eigenvalue weighted by molar-refractivity contribution is 9.10. The molecule has 0 aliphatic heterocycles. The molecule has 1 N–H and O–H groups in total. The molecule has 3 nitrogen and oxygen atoms in total. The summed E-state index contributed by atoms with van der Waals surface area (Å²) in [5.41, 5.74) is 1.25. The summed E-state index contributed by atoms with van der Waals surface area (Å²) in [7, 11) is 1.53. The van der Waals surface area contributed by atoms with Gasteiger partial charge >= 0.3 is 0 Å². The number of nitrogens with one attached hydrogen (secondary N) is 1. The van der Waals surface area contributed by atoms with Gasteiger partial charge < -0.3 is 10.1 Å². The number of carbonyl (C=O) groups excluding carboxylic acids is 1. The highest BCUT2D eigenvalue weighted by atomic mass is 79.9. The van der Waals surface area contributed by atoms with Gasteiger partial charge in [0, 0.05) is 23.7 Å². The molecule has 2 aromatic carbocycles. The number of carbonyl (C=O) groups is 1. The van der Waals surface area contributed by atoms with Crippen molar-refractivity contribution in [2.45, 2.75) is 6.10 Å². The molecule has 110 valence electrons. The molecule has 0 aliphatic carbocycles. The molecule has 1 amide bonds. The molecule has 0 fully saturated rings. The number of methoxy groups -OCH3 is 1. The average Bonchev–Trinajstić information content (AvgIpc) is 2.48. The first-order valence-electron chi connectivity index (χ1n) is 6.42. The quantitative estimate of drug-likeness (QED) is 0.891. The first kappa shape index (κ1) is 15.7. The molecule has 2 rings (SSSR count). The Labute approximate surface area is 131 Å². The minimum atomic E-state index is -0.389. The van der Waals surface area contributed by atoms with Crippen LogP contribution in [0.1, 0.15) is 22.0 Å². The minimum Gasteiger partial charge on any atom is -0.375 e. The van der Waals surface area contributed by atoms with Crippen LogP contribution in [-0.2, 0) is 4.74 Å². The molecule has 2 aromatic rings. The van der Waals surface area contributed by atoms with Crippen LogP contribution in [0.25, 0.3) is 0 Å². The maximum atomic E-state index is 13.2. The largest absolute Gasteiger partial charge is 0.375 e. The molecular weight excluding hydrogens is 337 g/mol. The van der Waals surface area contributed by atoms with Gasteiger partial charge in [0.05, 0.1) is 6.10 Å². The SMILES string of the molecule is COC(CNC(=O)c1ccc(Br)cc1)c1cccc(F)c1. The number of amides is 1. The predicted octanol–water partition coefficient (Wildman–Crippen LogP) is 3.71. The predicted molar refractivity (Wildman–Crippen MR) is 82.6 cm³/mol. The van der Waals surface area contributed by atoms with Crippen molar-refractivity contribution in [1.29, 1.82) is 0 Å². The normalized spacial score (nSPS) is 12.0. The second-order valence-corrected chi connectivity index (χ2v) is 5.41. The molecule has 0 heterocycles. The van der Waals surface area contributed by atoms with Crippen LogP contribution in [0.4, 0.5) is 4.39 Å². The van der Waals surface area contributed by atoms with E-state index in [9.17, 15) is 9.18 Å². The summed E-state index contributed by atoms with van der Waals surface area (Å²) in [6, 6.07) is 13.2. The molecule has 0 bridgehead atoms. The second-order valence-electron chi connectivity index (χ2n) is 4.50. The molecule has 0 radical (unpaired) electrons. The topological polar surface area (TPSA) is 38.3 Å². The van der Waals surface area contributed by atoms with Gasteiger partial charge in [-0.25, -0.2) is 4.39 Å². The zero-order chi connectivity index (χ0) is 15.2. The maximum absolute atomic E-state index is 13.2. The minimum absolute atomic E-state index is 0.194. The second kappa shape index (κ2) is 7.33. The van der Waals surface area contributed by atoms with E-state index in [2.05, 4.69) is 21.2 Å². The lowest BCUT2D eigenvalue weighted by Gasteiger charge is -2.16. The fraction of sp³-hybridized carbons (Fsp3) is 0.188. The van der Waals surface area contributed by atoms with Gasteiger partial charge in [0.1, 0.15) is 5.82 Å². The standard InChI is InChI=1S/C16H15BrFNO2/c1-21-15(12-3-2-4-14(18)9-12)10-19-16(20)11-5-7-13(17)8-6-11/h2-9,15H,10H2,1H3,(H,19,20). The van der Waals surface area contributed by atoms with Crippen LogP contribution in [-0.4, -0.2) is 19.6 Å². The first-order chi connectivity index (χ1) is 10.1. The van der Waals surface area contributed by atoms with Gasteiger partial charge in [-0.1, -0.05) is 28.1 Å². The lowest BCUT2D eigenvalue weighted by atomic mass is 10.1. The Balaban J connectivity index is 2.00. The maximum Gasteiger partial charge on any atom is 0.251 e. The van der Waals surface area contributed by atoms with E-state index in [1.165, 1.54) is 19.2 Å². The van der Waals surface area contributed by atoms with E-state index in [-0.39, 0.29) is 24.4 Å². The summed E-state index contributed by atoms with van der Waals surface area (Å²) in [5, 5.41) is 2.79. The Morgan fingerprint density at radius 1 is 1.29 bits per heavy atom. The van der Waals surface area contributed by atoms with E-state index in [1.54, 1.807) is 36.4 Å². The van der Waals surface area contributed by atoms with Crippen LogP contribution in [0.15, 0.2) is 53.0 Å². The van der Waals surface area contributed by atoms with Crippen molar-refractivity contribution >= 4 is 21.8 Å². The Bertz CT molecular complexity index is 616. The Morgan fingerprint density at radius 2 is 2.00 bits per heavy atom. The molecule has 0 spiro atoms. The van der Waals surface area contributed by atoms with E-state index in [0.29, 0.717) is 11.1 Å². The van der Waals surface area contributed by atoms with E-state index >= 15 is 0 Å². The summed E-state index contributed by atoms with van der Waals surface area (Å²) in [4.78, 5) is 12.0. The van der Waals surface area contributed by atoms with Crippen LogP contribution in [0.5, 0.6) is 0 Å². The van der Waals surface area contributed by atoms with Gasteiger partial charge in [0.25, 0.3) is 5.91 Å². The zero-order valence-electron chi connectivity index (χ0n) is 11.5. The van der Waals surface area contributed by atoms with E-state index in [4.69, 9.17) is 4.74 Å². The van der Waals surface area contributed by atoms with E-state index in [0.717, 1.165) is 4.47 Å². The van der Waals surface area contributed by atoms with Crippen molar-refractivity contribution < 1.29 is 13.9 Å². The first-order valence-corrected chi connectivity index (χ1v) is 7.21. The lowest BCUT2D eigenvalue weighted by Crippen LogP contribution is -2.29. The molecular formula is C16H15BrFNO2. The summed E-state index contributed by atoms with van der Waals surface area (Å²) in [6.45, 7) is 0.273. The third kappa shape index (κ3) is 4.37. The molecule has 5 heteroatoms. The van der Waals surface area contributed by atoms with Crippen molar-refractivity contribution in [2.24, 2.45) is 0 Å². The zero-order valence-corrected chi connectivity index (χ0v) is 13.1. The van der Waals surface area contributed by atoms with Crippen molar-refractivity contribution in [1.82, 2.24) is 5.32 Å². The summed E-state index contributed by atoms with van der Waals surface area (Å²) < 4.78 is 19.4. The number of ether oxygens (including phenoxy) is 1. The summed E-state index contributed by atoms with van der Waals surface area (Å²) in [5.74, 6) is -0.519. The van der Waals surface area contributed by atoms with Crippen LogP contribution < -0.4 is 5.32 Å². The van der Waals surface area contributed by atoms with Gasteiger partial charge in [-0.2, -0.15) is 0 Å². The molecule has 0 aromatic heterocycles. The highest BCUT2D eigenvalue weighted by Gasteiger charge is 2.13. The smallest absolute Gasteiger partial charge is 0.251 e. The summed E-state index contributed by atoms with van der Waals surface area (Å²) in [6.07, 6.45) is -0.389. The van der Waals surface area contributed by atoms with E-state index in [1.807, 2.05) is 0 Å². The third-order valence-corrected chi connectivity index (χ3v) is 3.59. The van der Waals surface area contributed by atoms with Gasteiger partial charge in [0.2, 0.25) is 0 Å². The van der Waals surface area contributed by atoms with Crippen LogP contribution in [0.3, 0.4) is 0 Å². The number of hydrogen-bond acceptors (Lipinski definition) is 2. The van der Waals surface area contributed by atoms with Crippen molar-refractivity contribution in [3.8, 4) is 0 Å². The monoisotopic (exact) mass is 351 g/mol. The molecule has 1 atom stereocenters. The molecule has 0 saturated carbocycles. The molecule has 0 saturated heterocycles. The van der Waals surface area contributed by atoms with Crippen LogP contribution in [0.2, 0.25) is 0 Å². The van der Waals surface area contributed by atoms with Gasteiger partial charge in [-0.05, 0) is 42.0 Å². The summed E-state index contributed by atoms with van der Waals surface area (Å²) >= 11 is 3.32. The van der Waals surface area contributed by atoms with Crippen molar-refractivity contribution in [2.75, 3.05) is 13.7 Å². The molecule has 21 heavy (non-hydrogen) atoms. The Hall–Kier alpha value is -1.72. The fourth-order valence-electron chi connectivity index (χ4n) is 1.93. The van der Waals surface area contributed by atoms with Gasteiger partial charge in [-0.3, -0.25) is 4.79 Å². The van der Waals surface area contributed by atoms with Gasteiger partial charge in [-0.15, -0.1) is 0 Å². The van der Waals surface area contributed by atoms with E-state index < -0.39 is 0 Å². The third-order valence-electron chi connectivity index (χ3n) is 3.06. The van der Waals surface area contributed by atoms with Crippen molar-refractivity contribution in [3.63, 3.8) is 0 Å². The van der Waals surface area contributed by atoms with Crippen LogP contribution >= 0.6 is 15.9 Å². The lowest BCUT2D eigenvalue weighted by molar-refractivity contribution is 0.0827. The Morgan fingerprint density at radius 3 is 2.62 bits per heavy atom.